The van der Waals surface area contributed by atoms with Crippen LogP contribution >= 0.6 is 0 Å². The molecule has 3 heteroatoms. The van der Waals surface area contributed by atoms with Crippen molar-refractivity contribution in [3.05, 3.63) is 78.6 Å². The van der Waals surface area contributed by atoms with Gasteiger partial charge in [-0.1, -0.05) is 18.2 Å². The van der Waals surface area contributed by atoms with Gasteiger partial charge in [0.05, 0.1) is 5.69 Å². The van der Waals surface area contributed by atoms with Crippen LogP contribution in [0.25, 0.3) is 0 Å². The molecular formula is C20H20N2O. The van der Waals surface area contributed by atoms with E-state index in [0.29, 0.717) is 6.04 Å². The fourth-order valence-corrected chi connectivity index (χ4v) is 2.20. The fraction of sp³-hybridized carbons (Fsp3) is 0.150. The van der Waals surface area contributed by atoms with Crippen LogP contribution in [-0.4, -0.2) is 10.8 Å². The molecule has 0 saturated carbocycles. The van der Waals surface area contributed by atoms with Crippen LogP contribution in [0.1, 0.15) is 25.5 Å². The van der Waals surface area contributed by atoms with Crippen molar-refractivity contribution in [1.29, 1.82) is 0 Å². The van der Waals surface area contributed by atoms with Crippen LogP contribution in [0.2, 0.25) is 0 Å². The summed E-state index contributed by atoms with van der Waals surface area (Å²) in [4.78, 5) is 4.50. The van der Waals surface area contributed by atoms with Gasteiger partial charge in [-0.3, -0.25) is 4.99 Å². The first-order valence-electron chi connectivity index (χ1n) is 7.75. The van der Waals surface area contributed by atoms with Gasteiger partial charge in [0.25, 0.3) is 0 Å². The van der Waals surface area contributed by atoms with Gasteiger partial charge in [-0.05, 0) is 56.3 Å². The molecule has 23 heavy (non-hydrogen) atoms. The summed E-state index contributed by atoms with van der Waals surface area (Å²) in [6.45, 7) is 4.32. The van der Waals surface area contributed by atoms with Gasteiger partial charge in [-0.25, -0.2) is 0 Å². The Bertz CT molecular complexity index is 771. The first-order valence-corrected chi connectivity index (χ1v) is 7.75. The predicted octanol–water partition coefficient (Wildman–Crippen LogP) is 5.61. The van der Waals surface area contributed by atoms with Gasteiger partial charge in [0.1, 0.15) is 11.5 Å². The van der Waals surface area contributed by atoms with E-state index in [1.54, 1.807) is 0 Å². The first kappa shape index (κ1) is 15.1. The number of aliphatic imine (C=N–C) groups is 1. The van der Waals surface area contributed by atoms with E-state index in [-0.39, 0.29) is 0 Å². The summed E-state index contributed by atoms with van der Waals surface area (Å²) in [6, 6.07) is 20.0. The summed E-state index contributed by atoms with van der Waals surface area (Å²) >= 11 is 0. The molecule has 3 aromatic rings. The number of hydrogen-bond acceptors (Lipinski definition) is 2. The molecule has 0 spiro atoms. The lowest BCUT2D eigenvalue weighted by Gasteiger charge is -2.05. The molecule has 0 fully saturated rings. The summed E-state index contributed by atoms with van der Waals surface area (Å²) in [5.74, 6) is 1.64. The van der Waals surface area contributed by atoms with E-state index in [9.17, 15) is 0 Å². The Hall–Kier alpha value is -2.81. The average Bonchev–Trinajstić information content (AvgIpc) is 3.04. The number of aromatic nitrogens is 1. The summed E-state index contributed by atoms with van der Waals surface area (Å²) in [5, 5.41) is 0. The van der Waals surface area contributed by atoms with E-state index in [0.717, 1.165) is 22.7 Å². The van der Waals surface area contributed by atoms with Crippen LogP contribution in [0.15, 0.2) is 78.0 Å². The second-order valence-electron chi connectivity index (χ2n) is 5.65. The number of nitrogens with zero attached hydrogens (tertiary/aromatic N) is 2. The molecule has 3 rings (SSSR count). The third-order valence-electron chi connectivity index (χ3n) is 3.51. The Labute approximate surface area is 136 Å². The van der Waals surface area contributed by atoms with Gasteiger partial charge in [0, 0.05) is 30.2 Å². The number of ether oxygens (including phenoxy) is 1. The molecule has 0 aliphatic heterocycles. The predicted molar refractivity (Wildman–Crippen MR) is 95.0 cm³/mol. The van der Waals surface area contributed by atoms with Gasteiger partial charge in [0.15, 0.2) is 0 Å². The largest absolute Gasteiger partial charge is 0.457 e. The standard InChI is InChI=1S/C20H20N2O/c1-16(2)22-13-12-17(15-22)14-21-18-8-10-20(11-9-18)23-19-6-4-3-5-7-19/h3-16H,1-2H3. The van der Waals surface area contributed by atoms with Gasteiger partial charge in [-0.2, -0.15) is 0 Å². The fourth-order valence-electron chi connectivity index (χ4n) is 2.20. The van der Waals surface area contributed by atoms with Crippen molar-refractivity contribution in [1.82, 2.24) is 4.57 Å². The Balaban J connectivity index is 1.66. The topological polar surface area (TPSA) is 26.5 Å². The molecule has 0 amide bonds. The molecule has 0 atom stereocenters. The molecule has 0 saturated heterocycles. The zero-order chi connectivity index (χ0) is 16.1. The maximum atomic E-state index is 5.77. The summed E-state index contributed by atoms with van der Waals surface area (Å²) in [5.41, 5.74) is 2.01. The highest BCUT2D eigenvalue weighted by Gasteiger charge is 1.99. The van der Waals surface area contributed by atoms with Gasteiger partial charge >= 0.3 is 0 Å². The minimum atomic E-state index is 0.464. The Morgan fingerprint density at radius 1 is 0.913 bits per heavy atom. The second-order valence-corrected chi connectivity index (χ2v) is 5.65. The van der Waals surface area contributed by atoms with Gasteiger partial charge in [0.2, 0.25) is 0 Å². The molecule has 0 unspecified atom stereocenters. The summed E-state index contributed by atoms with van der Waals surface area (Å²) in [7, 11) is 0. The summed E-state index contributed by atoms with van der Waals surface area (Å²) in [6.07, 6.45) is 6.05. The zero-order valence-electron chi connectivity index (χ0n) is 13.4. The normalized spacial score (nSPS) is 11.3. The van der Waals surface area contributed by atoms with E-state index in [1.807, 2.05) is 60.8 Å². The molecule has 0 aliphatic carbocycles. The highest BCUT2D eigenvalue weighted by atomic mass is 16.5. The van der Waals surface area contributed by atoms with Crippen LogP contribution in [-0.2, 0) is 0 Å². The maximum Gasteiger partial charge on any atom is 0.127 e. The highest BCUT2D eigenvalue weighted by molar-refractivity contribution is 5.81. The van der Waals surface area contributed by atoms with E-state index in [4.69, 9.17) is 4.74 Å². The number of para-hydroxylation sites is 1. The lowest BCUT2D eigenvalue weighted by atomic mass is 10.3. The number of rotatable bonds is 5. The van der Waals surface area contributed by atoms with Crippen molar-refractivity contribution in [3.63, 3.8) is 0 Å². The van der Waals surface area contributed by atoms with Crippen LogP contribution < -0.4 is 4.74 Å². The quantitative estimate of drug-likeness (QED) is 0.562. The molecule has 1 aromatic heterocycles. The molecular weight excluding hydrogens is 284 g/mol. The first-order chi connectivity index (χ1) is 11.2. The van der Waals surface area contributed by atoms with Crippen molar-refractivity contribution in [2.45, 2.75) is 19.9 Å². The van der Waals surface area contributed by atoms with Crippen molar-refractivity contribution < 1.29 is 4.74 Å². The molecule has 0 bridgehead atoms. The van der Waals surface area contributed by atoms with Gasteiger partial charge < -0.3 is 9.30 Å². The van der Waals surface area contributed by atoms with Crippen LogP contribution in [0, 0.1) is 0 Å². The molecule has 116 valence electrons. The van der Waals surface area contributed by atoms with Crippen molar-refractivity contribution >= 4 is 11.9 Å². The van der Waals surface area contributed by atoms with Gasteiger partial charge in [-0.15, -0.1) is 0 Å². The van der Waals surface area contributed by atoms with Crippen LogP contribution in [0.3, 0.4) is 0 Å². The van der Waals surface area contributed by atoms with E-state index in [2.05, 4.69) is 41.9 Å². The molecule has 2 aromatic carbocycles. The third-order valence-corrected chi connectivity index (χ3v) is 3.51. The monoisotopic (exact) mass is 304 g/mol. The minimum absolute atomic E-state index is 0.464. The smallest absolute Gasteiger partial charge is 0.127 e. The minimum Gasteiger partial charge on any atom is -0.457 e. The molecule has 0 radical (unpaired) electrons. The van der Waals surface area contributed by atoms with E-state index >= 15 is 0 Å². The SMILES string of the molecule is CC(C)n1ccc(C=Nc2ccc(Oc3ccccc3)cc2)c1. The van der Waals surface area contributed by atoms with Crippen LogP contribution in [0.5, 0.6) is 11.5 Å². The molecule has 3 nitrogen and oxygen atoms in total. The maximum absolute atomic E-state index is 5.77. The zero-order valence-corrected chi connectivity index (χ0v) is 13.4. The van der Waals surface area contributed by atoms with Crippen molar-refractivity contribution in [2.24, 2.45) is 4.99 Å². The van der Waals surface area contributed by atoms with Crippen LogP contribution in [0.4, 0.5) is 5.69 Å². The Morgan fingerprint density at radius 3 is 2.26 bits per heavy atom. The number of hydrogen-bond donors (Lipinski definition) is 0. The third kappa shape index (κ3) is 4.10. The molecule has 0 aliphatic rings. The number of benzene rings is 2. The highest BCUT2D eigenvalue weighted by Crippen LogP contribution is 2.23. The Morgan fingerprint density at radius 2 is 1.61 bits per heavy atom. The van der Waals surface area contributed by atoms with E-state index in [1.165, 1.54) is 0 Å². The van der Waals surface area contributed by atoms with Crippen molar-refractivity contribution in [3.8, 4) is 11.5 Å². The van der Waals surface area contributed by atoms with E-state index < -0.39 is 0 Å². The Kier molecular flexibility index (Phi) is 4.57. The summed E-state index contributed by atoms with van der Waals surface area (Å²) < 4.78 is 7.94. The lowest BCUT2D eigenvalue weighted by Crippen LogP contribution is -1.95. The average molecular weight is 304 g/mol. The molecule has 1 heterocycles. The molecule has 0 N–H and O–H groups in total. The second kappa shape index (κ2) is 6.97. The van der Waals surface area contributed by atoms with Crippen molar-refractivity contribution in [2.75, 3.05) is 0 Å². The lowest BCUT2D eigenvalue weighted by molar-refractivity contribution is 0.483.